The molecule has 1 amide bonds. The van der Waals surface area contributed by atoms with E-state index in [0.717, 1.165) is 5.56 Å². The van der Waals surface area contributed by atoms with Crippen molar-refractivity contribution in [2.75, 3.05) is 13.2 Å². The van der Waals surface area contributed by atoms with Crippen LogP contribution in [0.4, 0.5) is 0 Å². The SMILES string of the molecule is N=C1NC(=O)C2(COC(c3ccccc3)OC2)S1. The number of hydrogen-bond donors (Lipinski definition) is 2. The highest BCUT2D eigenvalue weighted by atomic mass is 32.2. The van der Waals surface area contributed by atoms with Crippen molar-refractivity contribution in [2.45, 2.75) is 11.0 Å². The summed E-state index contributed by atoms with van der Waals surface area (Å²) < 4.78 is 10.5. The summed E-state index contributed by atoms with van der Waals surface area (Å²) in [5.74, 6) is -0.205. The smallest absolute Gasteiger partial charge is 0.247 e. The number of nitrogens with one attached hydrogen (secondary N) is 2. The van der Waals surface area contributed by atoms with Gasteiger partial charge in [0.05, 0.1) is 13.2 Å². The third kappa shape index (κ3) is 1.92. The third-order valence-corrected chi connectivity index (χ3v) is 4.06. The lowest BCUT2D eigenvalue weighted by atomic mass is 10.1. The van der Waals surface area contributed by atoms with Crippen molar-refractivity contribution in [3.63, 3.8) is 0 Å². The first-order valence-corrected chi connectivity index (χ1v) is 6.38. The summed E-state index contributed by atoms with van der Waals surface area (Å²) in [6.45, 7) is 0.511. The second-order valence-electron chi connectivity index (χ2n) is 4.24. The Morgan fingerprint density at radius 2 is 1.94 bits per heavy atom. The molecule has 0 bridgehead atoms. The van der Waals surface area contributed by atoms with Crippen LogP contribution in [0.3, 0.4) is 0 Å². The fourth-order valence-corrected chi connectivity index (χ4v) is 2.92. The van der Waals surface area contributed by atoms with Crippen molar-refractivity contribution in [1.82, 2.24) is 5.32 Å². The molecule has 2 saturated heterocycles. The van der Waals surface area contributed by atoms with Crippen LogP contribution >= 0.6 is 11.8 Å². The zero-order valence-electron chi connectivity index (χ0n) is 9.51. The van der Waals surface area contributed by atoms with Gasteiger partial charge in [0.15, 0.2) is 11.5 Å². The minimum atomic E-state index is -0.789. The van der Waals surface area contributed by atoms with E-state index in [9.17, 15) is 4.79 Å². The molecule has 2 aliphatic rings. The van der Waals surface area contributed by atoms with E-state index in [-0.39, 0.29) is 24.3 Å². The maximum absolute atomic E-state index is 11.8. The first kappa shape index (κ1) is 11.7. The Kier molecular flexibility index (Phi) is 2.85. The molecule has 2 fully saturated rings. The maximum atomic E-state index is 11.8. The van der Waals surface area contributed by atoms with Crippen LogP contribution in [-0.4, -0.2) is 29.0 Å². The van der Waals surface area contributed by atoms with Gasteiger partial charge in [-0.2, -0.15) is 0 Å². The molecule has 2 N–H and O–H groups in total. The molecule has 1 aromatic carbocycles. The molecule has 0 aliphatic carbocycles. The number of hydrogen-bond acceptors (Lipinski definition) is 5. The average molecular weight is 264 g/mol. The first-order valence-electron chi connectivity index (χ1n) is 5.57. The van der Waals surface area contributed by atoms with Gasteiger partial charge in [-0.05, 0) is 0 Å². The standard InChI is InChI=1S/C12H12N2O3S/c13-11-14-10(15)12(18-11)6-16-9(17-7-12)8-4-2-1-3-5-8/h1-5,9H,6-7H2,(H2,13,14,15). The van der Waals surface area contributed by atoms with Gasteiger partial charge in [0.25, 0.3) is 0 Å². The van der Waals surface area contributed by atoms with E-state index in [0.29, 0.717) is 0 Å². The van der Waals surface area contributed by atoms with Gasteiger partial charge in [-0.3, -0.25) is 10.2 Å². The molecule has 0 aromatic heterocycles. The van der Waals surface area contributed by atoms with E-state index in [2.05, 4.69) is 5.32 Å². The number of rotatable bonds is 1. The predicted molar refractivity (Wildman–Crippen MR) is 67.3 cm³/mol. The van der Waals surface area contributed by atoms with Crippen molar-refractivity contribution < 1.29 is 14.3 Å². The van der Waals surface area contributed by atoms with Crippen molar-refractivity contribution in [1.29, 1.82) is 5.41 Å². The van der Waals surface area contributed by atoms with Gasteiger partial charge in [0.1, 0.15) is 4.75 Å². The largest absolute Gasteiger partial charge is 0.346 e. The predicted octanol–water partition coefficient (Wildman–Crippen LogP) is 1.27. The van der Waals surface area contributed by atoms with Crippen molar-refractivity contribution in [2.24, 2.45) is 0 Å². The van der Waals surface area contributed by atoms with E-state index >= 15 is 0 Å². The Labute approximate surface area is 108 Å². The van der Waals surface area contributed by atoms with Gasteiger partial charge in [0, 0.05) is 5.56 Å². The highest BCUT2D eigenvalue weighted by molar-refractivity contribution is 8.16. The highest BCUT2D eigenvalue weighted by Gasteiger charge is 2.50. The molecular weight excluding hydrogens is 252 g/mol. The molecule has 0 radical (unpaired) electrons. The Bertz CT molecular complexity index is 483. The second kappa shape index (κ2) is 4.38. The fraction of sp³-hybridized carbons (Fsp3) is 0.333. The molecule has 2 heterocycles. The van der Waals surface area contributed by atoms with Crippen LogP contribution < -0.4 is 5.32 Å². The molecule has 2 aliphatic heterocycles. The van der Waals surface area contributed by atoms with E-state index in [1.807, 2.05) is 30.3 Å². The Balaban J connectivity index is 1.72. The Morgan fingerprint density at radius 3 is 2.50 bits per heavy atom. The summed E-state index contributed by atoms with van der Waals surface area (Å²) in [6.07, 6.45) is -0.431. The number of amidine groups is 1. The molecule has 5 nitrogen and oxygen atoms in total. The van der Waals surface area contributed by atoms with E-state index in [1.165, 1.54) is 11.8 Å². The molecular formula is C12H12N2O3S. The van der Waals surface area contributed by atoms with E-state index in [1.54, 1.807) is 0 Å². The lowest BCUT2D eigenvalue weighted by Gasteiger charge is -2.34. The van der Waals surface area contributed by atoms with Crippen molar-refractivity contribution in [3.8, 4) is 0 Å². The molecule has 0 unspecified atom stereocenters. The molecule has 1 aromatic rings. The second-order valence-corrected chi connectivity index (χ2v) is 5.64. The van der Waals surface area contributed by atoms with Gasteiger partial charge in [-0.25, -0.2) is 0 Å². The Hall–Kier alpha value is -1.37. The summed E-state index contributed by atoms with van der Waals surface area (Å²) in [7, 11) is 0. The van der Waals surface area contributed by atoms with Gasteiger partial charge >= 0.3 is 0 Å². The van der Waals surface area contributed by atoms with Crippen LogP contribution in [0.2, 0.25) is 0 Å². The molecule has 94 valence electrons. The summed E-state index contributed by atoms with van der Waals surface area (Å²) in [5, 5.41) is 10.1. The van der Waals surface area contributed by atoms with Crippen LogP contribution in [0.25, 0.3) is 0 Å². The molecule has 6 heteroatoms. The van der Waals surface area contributed by atoms with Crippen LogP contribution in [0.1, 0.15) is 11.9 Å². The van der Waals surface area contributed by atoms with E-state index < -0.39 is 11.0 Å². The topological polar surface area (TPSA) is 71.4 Å². The maximum Gasteiger partial charge on any atom is 0.247 e. The normalized spacial score (nSPS) is 31.7. The lowest BCUT2D eigenvalue weighted by molar-refractivity contribution is -0.197. The quantitative estimate of drug-likeness (QED) is 0.801. The number of benzene rings is 1. The number of carbonyl (C=O) groups is 1. The number of carbonyl (C=O) groups excluding carboxylic acids is 1. The van der Waals surface area contributed by atoms with Crippen LogP contribution in [0.5, 0.6) is 0 Å². The summed E-state index contributed by atoms with van der Waals surface area (Å²) in [4.78, 5) is 11.8. The molecule has 18 heavy (non-hydrogen) atoms. The fourth-order valence-electron chi connectivity index (χ4n) is 1.99. The number of thioether (sulfide) groups is 1. The molecule has 0 atom stereocenters. The highest BCUT2D eigenvalue weighted by Crippen LogP contribution is 2.38. The van der Waals surface area contributed by atoms with Gasteiger partial charge in [-0.15, -0.1) is 0 Å². The van der Waals surface area contributed by atoms with Crippen LogP contribution in [0, 0.1) is 5.41 Å². The van der Waals surface area contributed by atoms with E-state index in [4.69, 9.17) is 14.9 Å². The third-order valence-electron chi connectivity index (χ3n) is 2.95. The minimum Gasteiger partial charge on any atom is -0.346 e. The van der Waals surface area contributed by atoms with Crippen LogP contribution in [-0.2, 0) is 14.3 Å². The average Bonchev–Trinajstić information content (AvgIpc) is 2.66. The summed E-state index contributed by atoms with van der Waals surface area (Å²) in [6, 6.07) is 9.60. The number of ether oxygens (including phenoxy) is 2. The van der Waals surface area contributed by atoms with Gasteiger partial charge in [-0.1, -0.05) is 42.1 Å². The number of amides is 1. The molecule has 3 rings (SSSR count). The van der Waals surface area contributed by atoms with Gasteiger partial charge < -0.3 is 14.8 Å². The van der Waals surface area contributed by atoms with Gasteiger partial charge in [0.2, 0.25) is 5.91 Å². The van der Waals surface area contributed by atoms with Crippen molar-refractivity contribution >= 4 is 22.8 Å². The zero-order valence-corrected chi connectivity index (χ0v) is 10.3. The lowest BCUT2D eigenvalue weighted by Crippen LogP contribution is -2.48. The molecule has 1 spiro atoms. The first-order chi connectivity index (χ1) is 8.70. The van der Waals surface area contributed by atoms with Crippen LogP contribution in [0.15, 0.2) is 30.3 Å². The monoisotopic (exact) mass is 264 g/mol. The minimum absolute atomic E-state index is 0.158. The summed E-state index contributed by atoms with van der Waals surface area (Å²) >= 11 is 1.17. The molecule has 0 saturated carbocycles. The Morgan fingerprint density at radius 1 is 1.28 bits per heavy atom. The summed E-state index contributed by atoms with van der Waals surface area (Å²) in [5.41, 5.74) is 0.936. The van der Waals surface area contributed by atoms with Crippen molar-refractivity contribution in [3.05, 3.63) is 35.9 Å². The zero-order chi connectivity index (χ0) is 12.6.